The minimum absolute atomic E-state index is 0.328. The van der Waals surface area contributed by atoms with Gasteiger partial charge in [0, 0.05) is 5.75 Å². The number of aliphatic carboxylic acids is 1. The molecule has 0 saturated carbocycles. The average molecular weight is 396 g/mol. The molecule has 5 heteroatoms. The summed E-state index contributed by atoms with van der Waals surface area (Å²) in [5.74, 6) is -0.651. The van der Waals surface area contributed by atoms with Crippen LogP contribution in [0.5, 0.6) is 0 Å². The maximum Gasteiger partial charge on any atom is 0.321 e. The summed E-state index contributed by atoms with van der Waals surface area (Å²) in [6, 6.07) is 30.0. The van der Waals surface area contributed by atoms with Crippen molar-refractivity contribution in [2.75, 3.05) is 5.75 Å². The van der Waals surface area contributed by atoms with Crippen molar-refractivity contribution in [3.8, 4) is 0 Å². The van der Waals surface area contributed by atoms with Gasteiger partial charge in [0.25, 0.3) is 0 Å². The molecule has 0 heterocycles. The first-order chi connectivity index (χ1) is 13.1. The zero-order valence-corrected chi connectivity index (χ0v) is 16.3. The second-order valence-corrected chi connectivity index (χ2v) is 8.65. The number of carbonyl (C=O) groups is 1. The molecule has 0 amide bonds. The Morgan fingerprint density at radius 3 is 1.52 bits per heavy atom. The minimum atomic E-state index is -0.979. The first kappa shape index (κ1) is 19.5. The van der Waals surface area contributed by atoms with Gasteiger partial charge in [0.05, 0.1) is 0 Å². The van der Waals surface area contributed by atoms with Crippen LogP contribution in [0.4, 0.5) is 0 Å². The van der Waals surface area contributed by atoms with E-state index in [9.17, 15) is 4.79 Å². The molecule has 1 atom stereocenters. The van der Waals surface area contributed by atoms with Crippen LogP contribution in [0, 0.1) is 0 Å². The summed E-state index contributed by atoms with van der Waals surface area (Å²) in [5, 5.41) is 9.11. The molecular weight excluding hydrogens is 374 g/mol. The fraction of sp³-hybridized carbons (Fsp3) is 0.136. The van der Waals surface area contributed by atoms with Crippen molar-refractivity contribution < 1.29 is 9.90 Å². The molecule has 3 N–H and O–H groups in total. The van der Waals surface area contributed by atoms with E-state index in [0.29, 0.717) is 5.75 Å². The van der Waals surface area contributed by atoms with E-state index >= 15 is 0 Å². The molecule has 0 aliphatic carbocycles. The minimum Gasteiger partial charge on any atom is -0.480 e. The largest absolute Gasteiger partial charge is 0.480 e. The standard InChI is InChI=1S/C22H21NO2S2/c23-20(21(24)25)16-26-27-22(17-10-4-1-5-11-17,18-12-6-2-7-13-18)19-14-8-3-9-15-19/h1-15,20H,16,23H2,(H,24,25)/t20-/m0/s1. The van der Waals surface area contributed by atoms with Crippen molar-refractivity contribution in [2.45, 2.75) is 10.8 Å². The molecule has 3 rings (SSSR count). The fourth-order valence-corrected chi connectivity index (χ4v) is 6.20. The van der Waals surface area contributed by atoms with Gasteiger partial charge in [0.2, 0.25) is 0 Å². The number of hydrogen-bond acceptors (Lipinski definition) is 4. The van der Waals surface area contributed by atoms with Crippen molar-refractivity contribution in [2.24, 2.45) is 5.73 Å². The second kappa shape index (κ2) is 9.13. The van der Waals surface area contributed by atoms with Crippen LogP contribution in [-0.4, -0.2) is 22.9 Å². The van der Waals surface area contributed by atoms with Crippen LogP contribution in [0.1, 0.15) is 16.7 Å². The van der Waals surface area contributed by atoms with Crippen LogP contribution in [0.2, 0.25) is 0 Å². The van der Waals surface area contributed by atoms with E-state index in [1.54, 1.807) is 10.8 Å². The first-order valence-electron chi connectivity index (χ1n) is 8.60. The van der Waals surface area contributed by atoms with Gasteiger partial charge in [0.15, 0.2) is 0 Å². The molecule has 0 spiro atoms. The average Bonchev–Trinajstić information content (AvgIpc) is 2.73. The van der Waals surface area contributed by atoms with E-state index in [1.165, 1.54) is 10.8 Å². The number of carboxylic acids is 1. The summed E-state index contributed by atoms with van der Waals surface area (Å²) in [6.07, 6.45) is 0. The van der Waals surface area contributed by atoms with E-state index in [1.807, 2.05) is 54.6 Å². The first-order valence-corrected chi connectivity index (χ1v) is 10.9. The maximum atomic E-state index is 11.1. The molecule has 0 saturated heterocycles. The molecule has 0 aliphatic rings. The Bertz CT molecular complexity index is 761. The van der Waals surface area contributed by atoms with Gasteiger partial charge in [-0.05, 0) is 16.7 Å². The highest BCUT2D eigenvalue weighted by Gasteiger charge is 2.37. The van der Waals surface area contributed by atoms with Crippen LogP contribution in [0.15, 0.2) is 91.0 Å². The molecule has 3 aromatic carbocycles. The molecule has 138 valence electrons. The molecule has 0 radical (unpaired) electrons. The van der Waals surface area contributed by atoms with Crippen LogP contribution >= 0.6 is 21.6 Å². The summed E-state index contributed by atoms with van der Waals surface area (Å²) < 4.78 is -0.466. The van der Waals surface area contributed by atoms with Crippen molar-refractivity contribution in [3.63, 3.8) is 0 Å². The molecule has 0 aliphatic heterocycles. The zero-order chi connectivity index (χ0) is 19.1. The predicted octanol–water partition coefficient (Wildman–Crippen LogP) is 4.77. The Balaban J connectivity index is 2.10. The van der Waals surface area contributed by atoms with Gasteiger partial charge in [-0.2, -0.15) is 0 Å². The molecule has 3 aromatic rings. The Hall–Kier alpha value is -2.21. The highest BCUT2D eigenvalue weighted by atomic mass is 33.1. The van der Waals surface area contributed by atoms with E-state index in [4.69, 9.17) is 10.8 Å². The quantitative estimate of drug-likeness (QED) is 0.425. The highest BCUT2D eigenvalue weighted by Crippen LogP contribution is 2.53. The van der Waals surface area contributed by atoms with Gasteiger partial charge >= 0.3 is 5.97 Å². The molecule has 3 nitrogen and oxygen atoms in total. The van der Waals surface area contributed by atoms with Gasteiger partial charge in [-0.1, -0.05) is 113 Å². The second-order valence-electron chi connectivity index (χ2n) is 6.09. The van der Waals surface area contributed by atoms with Crippen molar-refractivity contribution in [1.82, 2.24) is 0 Å². The van der Waals surface area contributed by atoms with Crippen molar-refractivity contribution >= 4 is 27.6 Å². The van der Waals surface area contributed by atoms with Gasteiger partial charge in [-0.3, -0.25) is 4.79 Å². The fourth-order valence-electron chi connectivity index (χ4n) is 2.93. The molecule has 0 bridgehead atoms. The summed E-state index contributed by atoms with van der Waals surface area (Å²) in [4.78, 5) is 11.1. The topological polar surface area (TPSA) is 63.3 Å². The maximum absolute atomic E-state index is 11.1. The molecular formula is C22H21NO2S2. The van der Waals surface area contributed by atoms with Gasteiger partial charge in [0.1, 0.15) is 10.8 Å². The van der Waals surface area contributed by atoms with Gasteiger partial charge in [-0.25, -0.2) is 0 Å². The van der Waals surface area contributed by atoms with Crippen LogP contribution in [0.25, 0.3) is 0 Å². The summed E-state index contributed by atoms with van der Waals surface area (Å²) in [6.45, 7) is 0. The molecule has 0 aromatic heterocycles. The summed E-state index contributed by atoms with van der Waals surface area (Å²) >= 11 is 0. The third kappa shape index (κ3) is 4.38. The summed E-state index contributed by atoms with van der Waals surface area (Å²) in [7, 11) is 3.14. The smallest absolute Gasteiger partial charge is 0.321 e. The molecule has 0 fully saturated rings. The van der Waals surface area contributed by atoms with Crippen LogP contribution < -0.4 is 5.73 Å². The number of carboxylic acid groups (broad SMARTS) is 1. The lowest BCUT2D eigenvalue weighted by Crippen LogP contribution is -2.32. The Morgan fingerprint density at radius 1 is 0.815 bits per heavy atom. The molecule has 27 heavy (non-hydrogen) atoms. The highest BCUT2D eigenvalue weighted by molar-refractivity contribution is 8.77. The lowest BCUT2D eigenvalue weighted by Gasteiger charge is -2.35. The number of hydrogen-bond donors (Lipinski definition) is 2. The third-order valence-corrected chi connectivity index (χ3v) is 7.37. The van der Waals surface area contributed by atoms with E-state index < -0.39 is 16.8 Å². The van der Waals surface area contributed by atoms with E-state index in [2.05, 4.69) is 36.4 Å². The lowest BCUT2D eigenvalue weighted by molar-refractivity contribution is -0.137. The third-order valence-electron chi connectivity index (χ3n) is 4.29. The summed E-state index contributed by atoms with van der Waals surface area (Å²) in [5.41, 5.74) is 9.16. The number of nitrogens with two attached hydrogens (primary N) is 1. The van der Waals surface area contributed by atoms with Crippen LogP contribution in [-0.2, 0) is 9.54 Å². The number of benzene rings is 3. The monoisotopic (exact) mass is 395 g/mol. The Kier molecular flexibility index (Phi) is 6.61. The lowest BCUT2D eigenvalue weighted by atomic mass is 9.84. The normalized spacial score (nSPS) is 12.5. The van der Waals surface area contributed by atoms with Crippen molar-refractivity contribution in [3.05, 3.63) is 108 Å². The van der Waals surface area contributed by atoms with Crippen LogP contribution in [0.3, 0.4) is 0 Å². The SMILES string of the molecule is N[C@@H](CSSC(c1ccccc1)(c1ccccc1)c1ccccc1)C(=O)O. The zero-order valence-electron chi connectivity index (χ0n) is 14.7. The van der Waals surface area contributed by atoms with Gasteiger partial charge in [-0.15, -0.1) is 0 Å². The van der Waals surface area contributed by atoms with Crippen molar-refractivity contribution in [1.29, 1.82) is 0 Å². The predicted molar refractivity (Wildman–Crippen MR) is 115 cm³/mol. The van der Waals surface area contributed by atoms with E-state index in [-0.39, 0.29) is 0 Å². The molecule has 0 unspecified atom stereocenters. The Morgan fingerprint density at radius 2 is 1.19 bits per heavy atom. The van der Waals surface area contributed by atoms with E-state index in [0.717, 1.165) is 16.7 Å². The van der Waals surface area contributed by atoms with Gasteiger partial charge < -0.3 is 10.8 Å². The Labute approximate surface area is 167 Å². The number of rotatable bonds is 8.